The predicted molar refractivity (Wildman–Crippen MR) is 48.4 cm³/mol. The van der Waals surface area contributed by atoms with E-state index in [0.717, 1.165) is 13.0 Å². The maximum atomic E-state index is 11.6. The van der Waals surface area contributed by atoms with Gasteiger partial charge in [-0.1, -0.05) is 0 Å². The normalized spacial score (nSPS) is 24.4. The molecule has 1 fully saturated rings. The van der Waals surface area contributed by atoms with E-state index in [-0.39, 0.29) is 19.2 Å². The van der Waals surface area contributed by atoms with Crippen LogP contribution in [0.2, 0.25) is 0 Å². The van der Waals surface area contributed by atoms with Crippen LogP contribution in [0.3, 0.4) is 0 Å². The first kappa shape index (κ1) is 12.7. The maximum Gasteiger partial charge on any atom is 0.522 e. The molecule has 0 aromatic heterocycles. The molecule has 6 heteroatoms. The molecule has 0 bridgehead atoms. The van der Waals surface area contributed by atoms with Gasteiger partial charge in [0.15, 0.2) is 0 Å². The van der Waals surface area contributed by atoms with E-state index in [9.17, 15) is 13.2 Å². The van der Waals surface area contributed by atoms with Gasteiger partial charge in [-0.25, -0.2) is 0 Å². The molecule has 0 aromatic rings. The molecule has 90 valence electrons. The van der Waals surface area contributed by atoms with Crippen LogP contribution in [0.25, 0.3) is 0 Å². The molecule has 2 unspecified atom stereocenters. The topological polar surface area (TPSA) is 30.5 Å². The molecule has 1 aliphatic rings. The van der Waals surface area contributed by atoms with Crippen molar-refractivity contribution in [1.29, 1.82) is 0 Å². The van der Waals surface area contributed by atoms with Crippen molar-refractivity contribution in [3.8, 4) is 0 Å². The van der Waals surface area contributed by atoms with Crippen LogP contribution in [0.5, 0.6) is 0 Å². The Morgan fingerprint density at radius 3 is 2.80 bits per heavy atom. The fraction of sp³-hybridized carbons (Fsp3) is 1.00. The van der Waals surface area contributed by atoms with E-state index in [1.807, 2.05) is 6.92 Å². The van der Waals surface area contributed by atoms with E-state index < -0.39 is 6.36 Å². The van der Waals surface area contributed by atoms with Crippen molar-refractivity contribution < 1.29 is 22.6 Å². The Kier molecular flexibility index (Phi) is 4.82. The highest BCUT2D eigenvalue weighted by Gasteiger charge is 2.28. The average Bonchev–Trinajstić information content (AvgIpc) is 2.63. The summed E-state index contributed by atoms with van der Waals surface area (Å²) < 4.78 is 43.7. The van der Waals surface area contributed by atoms with Crippen molar-refractivity contribution >= 4 is 0 Å². The second-order valence-corrected chi connectivity index (χ2v) is 3.66. The lowest BCUT2D eigenvalue weighted by molar-refractivity contribution is -0.323. The van der Waals surface area contributed by atoms with E-state index in [1.165, 1.54) is 0 Å². The number of nitrogens with one attached hydrogen (secondary N) is 1. The van der Waals surface area contributed by atoms with Gasteiger partial charge in [0.25, 0.3) is 0 Å². The third-order valence-electron chi connectivity index (χ3n) is 2.51. The lowest BCUT2D eigenvalue weighted by Gasteiger charge is -2.19. The third-order valence-corrected chi connectivity index (χ3v) is 2.51. The highest BCUT2D eigenvalue weighted by atomic mass is 19.4. The average molecular weight is 227 g/mol. The summed E-state index contributed by atoms with van der Waals surface area (Å²) in [4.78, 5) is 0. The summed E-state index contributed by atoms with van der Waals surface area (Å²) >= 11 is 0. The Labute approximate surface area is 86.9 Å². The summed E-state index contributed by atoms with van der Waals surface area (Å²) in [6.45, 7) is 3.25. The van der Waals surface area contributed by atoms with Crippen molar-refractivity contribution in [2.24, 2.45) is 5.92 Å². The zero-order valence-corrected chi connectivity index (χ0v) is 8.64. The maximum absolute atomic E-state index is 11.6. The Morgan fingerprint density at radius 1 is 1.53 bits per heavy atom. The molecule has 0 radical (unpaired) electrons. The summed E-state index contributed by atoms with van der Waals surface area (Å²) in [5.41, 5.74) is 0. The molecule has 0 spiro atoms. The third kappa shape index (κ3) is 5.34. The molecule has 1 rings (SSSR count). The van der Waals surface area contributed by atoms with Gasteiger partial charge in [-0.3, -0.25) is 4.74 Å². The van der Waals surface area contributed by atoms with E-state index in [1.54, 1.807) is 0 Å². The Morgan fingerprint density at radius 2 is 2.27 bits per heavy atom. The zero-order chi connectivity index (χ0) is 11.3. The summed E-state index contributed by atoms with van der Waals surface area (Å²) in [5, 5.41) is 2.99. The van der Waals surface area contributed by atoms with Crippen LogP contribution in [0.15, 0.2) is 0 Å². The quantitative estimate of drug-likeness (QED) is 0.723. The van der Waals surface area contributed by atoms with E-state index >= 15 is 0 Å². The van der Waals surface area contributed by atoms with Crippen molar-refractivity contribution in [3.63, 3.8) is 0 Å². The van der Waals surface area contributed by atoms with Gasteiger partial charge in [-0.15, -0.1) is 13.2 Å². The molecule has 0 aromatic carbocycles. The second-order valence-electron chi connectivity index (χ2n) is 3.66. The molecular weight excluding hydrogens is 211 g/mol. The van der Waals surface area contributed by atoms with Crippen LogP contribution < -0.4 is 5.32 Å². The predicted octanol–water partition coefficient (Wildman–Crippen LogP) is 1.54. The molecule has 0 amide bonds. The minimum Gasteiger partial charge on any atom is -0.381 e. The Bertz CT molecular complexity index is 181. The van der Waals surface area contributed by atoms with Gasteiger partial charge >= 0.3 is 6.36 Å². The number of hydrogen-bond donors (Lipinski definition) is 1. The molecule has 3 nitrogen and oxygen atoms in total. The fourth-order valence-corrected chi connectivity index (χ4v) is 1.57. The highest BCUT2D eigenvalue weighted by molar-refractivity contribution is 4.75. The van der Waals surface area contributed by atoms with Crippen molar-refractivity contribution in [1.82, 2.24) is 5.32 Å². The van der Waals surface area contributed by atoms with Crippen LogP contribution in [0, 0.1) is 5.92 Å². The number of hydrogen-bond acceptors (Lipinski definition) is 3. The smallest absolute Gasteiger partial charge is 0.381 e. The van der Waals surface area contributed by atoms with Crippen LogP contribution in [-0.4, -0.2) is 38.8 Å². The van der Waals surface area contributed by atoms with Gasteiger partial charge in [0.1, 0.15) is 0 Å². The largest absolute Gasteiger partial charge is 0.522 e. The number of ether oxygens (including phenoxy) is 2. The highest BCUT2D eigenvalue weighted by Crippen LogP contribution is 2.17. The zero-order valence-electron chi connectivity index (χ0n) is 8.64. The van der Waals surface area contributed by atoms with E-state index in [4.69, 9.17) is 4.74 Å². The Balaban J connectivity index is 2.04. The van der Waals surface area contributed by atoms with Crippen molar-refractivity contribution in [2.75, 3.05) is 26.4 Å². The number of halogens is 3. The molecule has 0 aliphatic carbocycles. The molecule has 0 saturated carbocycles. The van der Waals surface area contributed by atoms with Gasteiger partial charge < -0.3 is 10.1 Å². The molecule has 1 saturated heterocycles. The lowest BCUT2D eigenvalue weighted by atomic mass is 10.0. The van der Waals surface area contributed by atoms with Gasteiger partial charge in [0.2, 0.25) is 0 Å². The first-order valence-corrected chi connectivity index (χ1v) is 5.01. The number of rotatable bonds is 5. The summed E-state index contributed by atoms with van der Waals surface area (Å²) in [6, 6.07) is 0.171. The molecular formula is C9H16F3NO2. The van der Waals surface area contributed by atoms with Gasteiger partial charge in [-0.05, 0) is 19.3 Å². The monoisotopic (exact) mass is 227 g/mol. The van der Waals surface area contributed by atoms with Gasteiger partial charge in [0, 0.05) is 19.2 Å². The van der Waals surface area contributed by atoms with Crippen LogP contribution in [-0.2, 0) is 9.47 Å². The number of alkyl halides is 3. The second kappa shape index (κ2) is 5.67. The molecule has 1 heterocycles. The van der Waals surface area contributed by atoms with Crippen LogP contribution >= 0.6 is 0 Å². The summed E-state index contributed by atoms with van der Waals surface area (Å²) in [7, 11) is 0. The molecule has 2 atom stereocenters. The van der Waals surface area contributed by atoms with Crippen LogP contribution in [0.1, 0.15) is 13.3 Å². The van der Waals surface area contributed by atoms with Gasteiger partial charge in [0.05, 0.1) is 13.2 Å². The molecule has 1 N–H and O–H groups in total. The van der Waals surface area contributed by atoms with E-state index in [0.29, 0.717) is 12.5 Å². The first-order chi connectivity index (χ1) is 6.99. The SMILES string of the molecule is CC(NCCOC(F)(F)F)C1CCOC1. The van der Waals surface area contributed by atoms with Crippen LogP contribution in [0.4, 0.5) is 13.2 Å². The van der Waals surface area contributed by atoms with Crippen molar-refractivity contribution in [2.45, 2.75) is 25.7 Å². The fourth-order valence-electron chi connectivity index (χ4n) is 1.57. The van der Waals surface area contributed by atoms with Gasteiger partial charge in [-0.2, -0.15) is 0 Å². The Hall–Kier alpha value is -0.330. The summed E-state index contributed by atoms with van der Waals surface area (Å²) in [6.07, 6.45) is -3.56. The standard InChI is InChI=1S/C9H16F3NO2/c1-7(8-2-4-14-6-8)13-3-5-15-9(10,11)12/h7-8,13H,2-6H2,1H3. The lowest BCUT2D eigenvalue weighted by Crippen LogP contribution is -2.36. The summed E-state index contributed by atoms with van der Waals surface area (Å²) in [5.74, 6) is 0.399. The minimum absolute atomic E-state index is 0.171. The van der Waals surface area contributed by atoms with Crippen molar-refractivity contribution in [3.05, 3.63) is 0 Å². The minimum atomic E-state index is -4.53. The first-order valence-electron chi connectivity index (χ1n) is 5.01. The van der Waals surface area contributed by atoms with E-state index in [2.05, 4.69) is 10.1 Å². The molecule has 15 heavy (non-hydrogen) atoms. The molecule has 1 aliphatic heterocycles.